The van der Waals surface area contributed by atoms with Crippen LogP contribution < -0.4 is 5.32 Å². The van der Waals surface area contributed by atoms with E-state index in [4.69, 9.17) is 5.11 Å². The van der Waals surface area contributed by atoms with Crippen LogP contribution >= 0.6 is 0 Å². The Morgan fingerprint density at radius 1 is 1.22 bits per heavy atom. The molecular weight excluding hydrogens is 254 g/mol. The van der Waals surface area contributed by atoms with Crippen LogP contribution in [0.3, 0.4) is 0 Å². The van der Waals surface area contributed by atoms with Crippen molar-refractivity contribution in [2.45, 2.75) is 25.1 Å². The minimum atomic E-state index is -3.12. The Morgan fingerprint density at radius 2 is 1.83 bits per heavy atom. The maximum Gasteiger partial charge on any atom is 0.157 e. The van der Waals surface area contributed by atoms with Crippen molar-refractivity contribution in [3.8, 4) is 11.5 Å². The Bertz CT molecular complexity index is 523. The molecule has 0 saturated heterocycles. The van der Waals surface area contributed by atoms with Crippen LogP contribution in [0.2, 0.25) is 0 Å². The number of rotatable bonds is 5. The fraction of sp³-hybridized carbons (Fsp3) is 0.500. The highest BCUT2D eigenvalue weighted by molar-refractivity contribution is 7.92. The zero-order valence-corrected chi connectivity index (χ0v) is 11.6. The molecule has 102 valence electrons. The van der Waals surface area contributed by atoms with E-state index in [0.29, 0.717) is 13.1 Å². The number of aromatic hydroxyl groups is 2. The minimum Gasteiger partial charge on any atom is -0.504 e. The second-order valence-electron chi connectivity index (χ2n) is 4.96. The van der Waals surface area contributed by atoms with Gasteiger partial charge in [-0.2, -0.15) is 0 Å². The first-order chi connectivity index (χ1) is 8.13. The standard InChI is InChI=1S/C12H19NO4S/c1-12(2,18(3,16)17)8-13-7-9-4-5-10(14)11(15)6-9/h4-6,13-15H,7-8H2,1-3H3. The smallest absolute Gasteiger partial charge is 0.157 e. The topological polar surface area (TPSA) is 86.6 Å². The van der Waals surface area contributed by atoms with Crippen LogP contribution in [0.1, 0.15) is 19.4 Å². The minimum absolute atomic E-state index is 0.171. The van der Waals surface area contributed by atoms with E-state index in [0.717, 1.165) is 5.56 Å². The first kappa shape index (κ1) is 14.8. The van der Waals surface area contributed by atoms with Gasteiger partial charge in [-0.05, 0) is 31.5 Å². The molecule has 0 heterocycles. The third-order valence-corrected chi connectivity index (χ3v) is 5.08. The summed E-state index contributed by atoms with van der Waals surface area (Å²) in [7, 11) is -3.12. The van der Waals surface area contributed by atoms with Gasteiger partial charge >= 0.3 is 0 Å². The number of phenolic OH excluding ortho intramolecular Hbond substituents is 2. The molecule has 0 aliphatic rings. The number of phenols is 2. The normalized spacial score (nSPS) is 12.6. The maximum atomic E-state index is 11.5. The second-order valence-corrected chi connectivity index (χ2v) is 7.61. The number of nitrogens with one attached hydrogen (secondary N) is 1. The highest BCUT2D eigenvalue weighted by Gasteiger charge is 2.29. The molecule has 1 aromatic rings. The third-order valence-electron chi connectivity index (χ3n) is 2.92. The molecule has 6 heteroatoms. The van der Waals surface area contributed by atoms with Crippen molar-refractivity contribution in [3.05, 3.63) is 23.8 Å². The SMILES string of the molecule is CC(C)(CNCc1ccc(O)c(O)c1)S(C)(=O)=O. The van der Waals surface area contributed by atoms with Gasteiger partial charge in [-0.15, -0.1) is 0 Å². The van der Waals surface area contributed by atoms with Gasteiger partial charge in [0.1, 0.15) is 0 Å². The van der Waals surface area contributed by atoms with Crippen LogP contribution in [0.25, 0.3) is 0 Å². The molecule has 0 unspecified atom stereocenters. The van der Waals surface area contributed by atoms with E-state index in [-0.39, 0.29) is 11.5 Å². The Hall–Kier alpha value is -1.27. The molecule has 0 atom stereocenters. The molecule has 0 radical (unpaired) electrons. The second kappa shape index (κ2) is 5.16. The molecule has 0 aromatic heterocycles. The Morgan fingerprint density at radius 3 is 2.33 bits per heavy atom. The van der Waals surface area contributed by atoms with E-state index < -0.39 is 14.6 Å². The molecule has 0 spiro atoms. The third kappa shape index (κ3) is 3.61. The zero-order chi connectivity index (χ0) is 14.0. The molecule has 0 aliphatic carbocycles. The van der Waals surface area contributed by atoms with Gasteiger partial charge in [-0.1, -0.05) is 6.07 Å². The Balaban J connectivity index is 2.60. The summed E-state index contributed by atoms with van der Waals surface area (Å²) in [6.07, 6.45) is 1.21. The summed E-state index contributed by atoms with van der Waals surface area (Å²) < 4.78 is 22.1. The summed E-state index contributed by atoms with van der Waals surface area (Å²) >= 11 is 0. The highest BCUT2D eigenvalue weighted by Crippen LogP contribution is 2.24. The lowest BCUT2D eigenvalue weighted by atomic mass is 10.1. The number of sulfone groups is 1. The quantitative estimate of drug-likeness (QED) is 0.697. The van der Waals surface area contributed by atoms with Crippen molar-refractivity contribution in [1.82, 2.24) is 5.32 Å². The number of hydrogen-bond acceptors (Lipinski definition) is 5. The van der Waals surface area contributed by atoms with Gasteiger partial charge in [0, 0.05) is 19.3 Å². The van der Waals surface area contributed by atoms with Crippen molar-refractivity contribution in [2.75, 3.05) is 12.8 Å². The molecule has 1 rings (SSSR count). The van der Waals surface area contributed by atoms with E-state index in [2.05, 4.69) is 5.32 Å². The van der Waals surface area contributed by atoms with Crippen molar-refractivity contribution in [1.29, 1.82) is 0 Å². The summed E-state index contributed by atoms with van der Waals surface area (Å²) in [5, 5.41) is 21.5. The first-order valence-corrected chi connectivity index (χ1v) is 7.44. The van der Waals surface area contributed by atoms with Gasteiger partial charge in [-0.3, -0.25) is 0 Å². The molecule has 1 aromatic carbocycles. The van der Waals surface area contributed by atoms with Crippen LogP contribution in [-0.4, -0.2) is 36.2 Å². The predicted octanol–water partition coefficient (Wildman–Crippen LogP) is 1.01. The fourth-order valence-electron chi connectivity index (χ4n) is 1.32. The Labute approximate surface area is 107 Å². The summed E-state index contributed by atoms with van der Waals surface area (Å²) in [6.45, 7) is 4.05. The molecule has 0 saturated carbocycles. The fourth-order valence-corrected chi connectivity index (χ4v) is 1.68. The summed E-state index contributed by atoms with van der Waals surface area (Å²) in [5.74, 6) is -0.355. The molecule has 3 N–H and O–H groups in total. The lowest BCUT2D eigenvalue weighted by Gasteiger charge is -2.22. The van der Waals surface area contributed by atoms with Crippen LogP contribution in [-0.2, 0) is 16.4 Å². The predicted molar refractivity (Wildman–Crippen MR) is 70.4 cm³/mol. The molecule has 0 bridgehead atoms. The van der Waals surface area contributed by atoms with Crippen LogP contribution in [0.15, 0.2) is 18.2 Å². The molecular formula is C12H19NO4S. The lowest BCUT2D eigenvalue weighted by molar-refractivity contribution is 0.403. The van der Waals surface area contributed by atoms with Gasteiger partial charge in [0.2, 0.25) is 0 Å². The maximum absolute atomic E-state index is 11.5. The molecule has 5 nitrogen and oxygen atoms in total. The molecule has 0 fully saturated rings. The summed E-state index contributed by atoms with van der Waals surface area (Å²) in [4.78, 5) is 0. The van der Waals surface area contributed by atoms with Gasteiger partial charge < -0.3 is 15.5 Å². The van der Waals surface area contributed by atoms with E-state index in [1.54, 1.807) is 19.9 Å². The molecule has 18 heavy (non-hydrogen) atoms. The average molecular weight is 273 g/mol. The Kier molecular flexibility index (Phi) is 4.24. The lowest BCUT2D eigenvalue weighted by Crippen LogP contribution is -2.41. The zero-order valence-electron chi connectivity index (χ0n) is 10.8. The van der Waals surface area contributed by atoms with E-state index in [1.165, 1.54) is 18.4 Å². The highest BCUT2D eigenvalue weighted by atomic mass is 32.2. The summed E-state index contributed by atoms with van der Waals surface area (Å²) in [6, 6.07) is 4.50. The summed E-state index contributed by atoms with van der Waals surface area (Å²) in [5.41, 5.74) is 0.773. The van der Waals surface area contributed by atoms with Crippen LogP contribution in [0.5, 0.6) is 11.5 Å². The van der Waals surface area contributed by atoms with E-state index in [1.807, 2.05) is 0 Å². The van der Waals surface area contributed by atoms with Gasteiger partial charge in [0.05, 0.1) is 4.75 Å². The monoisotopic (exact) mass is 273 g/mol. The van der Waals surface area contributed by atoms with Gasteiger partial charge in [0.25, 0.3) is 0 Å². The van der Waals surface area contributed by atoms with Gasteiger partial charge in [0.15, 0.2) is 21.3 Å². The average Bonchev–Trinajstić information content (AvgIpc) is 2.21. The first-order valence-electron chi connectivity index (χ1n) is 5.55. The van der Waals surface area contributed by atoms with Crippen molar-refractivity contribution >= 4 is 9.84 Å². The van der Waals surface area contributed by atoms with Crippen molar-refractivity contribution < 1.29 is 18.6 Å². The largest absolute Gasteiger partial charge is 0.504 e. The van der Waals surface area contributed by atoms with Crippen molar-refractivity contribution in [3.63, 3.8) is 0 Å². The van der Waals surface area contributed by atoms with E-state index >= 15 is 0 Å². The number of benzene rings is 1. The van der Waals surface area contributed by atoms with Crippen molar-refractivity contribution in [2.24, 2.45) is 0 Å². The van der Waals surface area contributed by atoms with Crippen LogP contribution in [0.4, 0.5) is 0 Å². The molecule has 0 aliphatic heterocycles. The number of hydrogen-bond donors (Lipinski definition) is 3. The van der Waals surface area contributed by atoms with Gasteiger partial charge in [-0.25, -0.2) is 8.42 Å². The van der Waals surface area contributed by atoms with Crippen LogP contribution in [0, 0.1) is 0 Å². The van der Waals surface area contributed by atoms with E-state index in [9.17, 15) is 13.5 Å². The molecule has 0 amide bonds.